The molecular formula is C17H21N3O. The molecule has 21 heavy (non-hydrogen) atoms. The zero-order valence-electron chi connectivity index (χ0n) is 12.8. The largest absolute Gasteiger partial charge is 0.369 e. The molecule has 0 aliphatic heterocycles. The van der Waals surface area contributed by atoms with Gasteiger partial charge in [0.25, 0.3) is 5.91 Å². The predicted molar refractivity (Wildman–Crippen MR) is 86.9 cm³/mol. The van der Waals surface area contributed by atoms with Crippen molar-refractivity contribution in [2.24, 2.45) is 0 Å². The molecule has 1 aromatic carbocycles. The summed E-state index contributed by atoms with van der Waals surface area (Å²) in [4.78, 5) is 18.6. The first-order chi connectivity index (χ1) is 10.1. The molecule has 0 aliphatic carbocycles. The third-order valence-electron chi connectivity index (χ3n) is 3.31. The predicted octanol–water partition coefficient (Wildman–Crippen LogP) is 3.49. The molecule has 2 rings (SSSR count). The first-order valence-corrected chi connectivity index (χ1v) is 7.17. The number of hydrogen-bond donors (Lipinski definition) is 1. The molecule has 0 aliphatic rings. The highest BCUT2D eigenvalue weighted by molar-refractivity contribution is 6.08. The van der Waals surface area contributed by atoms with Gasteiger partial charge in [-0.25, -0.2) is 4.98 Å². The summed E-state index contributed by atoms with van der Waals surface area (Å²) in [5, 5.41) is 3.20. The maximum absolute atomic E-state index is 12.7. The summed E-state index contributed by atoms with van der Waals surface area (Å²) >= 11 is 0. The van der Waals surface area contributed by atoms with E-state index in [1.807, 2.05) is 31.2 Å². The lowest BCUT2D eigenvalue weighted by atomic mass is 10.2. The molecule has 4 heteroatoms. The fourth-order valence-corrected chi connectivity index (χ4v) is 2.03. The van der Waals surface area contributed by atoms with E-state index in [9.17, 15) is 4.79 Å². The van der Waals surface area contributed by atoms with Crippen LogP contribution in [-0.2, 0) is 0 Å². The molecule has 0 radical (unpaired) electrons. The summed E-state index contributed by atoms with van der Waals surface area (Å²) in [7, 11) is 1.78. The molecule has 1 N–H and O–H groups in total. The van der Waals surface area contributed by atoms with Gasteiger partial charge in [0, 0.05) is 25.5 Å². The lowest BCUT2D eigenvalue weighted by Gasteiger charge is -2.19. The molecule has 110 valence electrons. The number of carbonyl (C=O) groups excluding carboxylic acids is 1. The van der Waals surface area contributed by atoms with Crippen LogP contribution in [0, 0.1) is 6.92 Å². The Labute approximate surface area is 125 Å². The molecule has 1 heterocycles. The van der Waals surface area contributed by atoms with Crippen LogP contribution < -0.4 is 10.2 Å². The molecule has 1 aromatic heterocycles. The fraction of sp³-hybridized carbons (Fsp3) is 0.294. The Balaban J connectivity index is 2.24. The Morgan fingerprint density at radius 1 is 1.24 bits per heavy atom. The van der Waals surface area contributed by atoms with Gasteiger partial charge in [0.2, 0.25) is 0 Å². The monoisotopic (exact) mass is 283 g/mol. The van der Waals surface area contributed by atoms with Crippen molar-refractivity contribution in [3.8, 4) is 0 Å². The van der Waals surface area contributed by atoms with E-state index in [4.69, 9.17) is 0 Å². The molecule has 0 unspecified atom stereocenters. The quantitative estimate of drug-likeness (QED) is 0.913. The van der Waals surface area contributed by atoms with E-state index in [0.29, 0.717) is 11.4 Å². The lowest BCUT2D eigenvalue weighted by Crippen LogP contribution is -2.27. The highest BCUT2D eigenvalue weighted by Crippen LogP contribution is 2.19. The van der Waals surface area contributed by atoms with Gasteiger partial charge in [0.15, 0.2) is 0 Å². The van der Waals surface area contributed by atoms with E-state index in [0.717, 1.165) is 18.7 Å². The Bertz CT molecular complexity index is 608. The number of carbonyl (C=O) groups is 1. The van der Waals surface area contributed by atoms with Crippen LogP contribution in [0.15, 0.2) is 42.6 Å². The first kappa shape index (κ1) is 15.0. The number of nitrogens with one attached hydrogen (secondary N) is 1. The molecule has 2 aromatic rings. The number of aromatic nitrogens is 1. The SMILES string of the molecule is CCCNc1ncccc1C(=O)N(C)c1ccc(C)cc1. The van der Waals surface area contributed by atoms with Crippen LogP contribution in [0.4, 0.5) is 11.5 Å². The molecule has 0 spiro atoms. The number of amides is 1. The van der Waals surface area contributed by atoms with Crippen molar-refractivity contribution in [3.05, 3.63) is 53.7 Å². The van der Waals surface area contributed by atoms with Gasteiger partial charge in [-0.3, -0.25) is 4.79 Å². The summed E-state index contributed by atoms with van der Waals surface area (Å²) in [6, 6.07) is 11.5. The van der Waals surface area contributed by atoms with E-state index in [1.54, 1.807) is 30.3 Å². The molecule has 0 bridgehead atoms. The third-order valence-corrected chi connectivity index (χ3v) is 3.31. The van der Waals surface area contributed by atoms with Gasteiger partial charge in [-0.1, -0.05) is 24.6 Å². The number of pyridine rings is 1. The first-order valence-electron chi connectivity index (χ1n) is 7.17. The average Bonchev–Trinajstić information content (AvgIpc) is 2.52. The van der Waals surface area contributed by atoms with Crippen molar-refractivity contribution in [1.29, 1.82) is 0 Å². The van der Waals surface area contributed by atoms with Crippen molar-refractivity contribution in [1.82, 2.24) is 4.98 Å². The van der Waals surface area contributed by atoms with Gasteiger partial charge in [-0.2, -0.15) is 0 Å². The zero-order valence-corrected chi connectivity index (χ0v) is 12.8. The third kappa shape index (κ3) is 3.60. The average molecular weight is 283 g/mol. The van der Waals surface area contributed by atoms with Crippen LogP contribution >= 0.6 is 0 Å². The molecule has 0 fully saturated rings. The van der Waals surface area contributed by atoms with Crippen LogP contribution in [0.3, 0.4) is 0 Å². The van der Waals surface area contributed by atoms with Gasteiger partial charge < -0.3 is 10.2 Å². The van der Waals surface area contributed by atoms with E-state index >= 15 is 0 Å². The van der Waals surface area contributed by atoms with Crippen LogP contribution in [0.2, 0.25) is 0 Å². The van der Waals surface area contributed by atoms with Gasteiger partial charge in [0.05, 0.1) is 5.56 Å². The van der Waals surface area contributed by atoms with Gasteiger partial charge in [-0.05, 0) is 37.6 Å². The molecule has 1 amide bonds. The molecule has 0 saturated heterocycles. The Morgan fingerprint density at radius 2 is 1.95 bits per heavy atom. The number of nitrogens with zero attached hydrogens (tertiary/aromatic N) is 2. The van der Waals surface area contributed by atoms with E-state index < -0.39 is 0 Å². The number of benzene rings is 1. The second-order valence-electron chi connectivity index (χ2n) is 5.03. The van der Waals surface area contributed by atoms with E-state index in [1.165, 1.54) is 5.56 Å². The summed E-state index contributed by atoms with van der Waals surface area (Å²) < 4.78 is 0. The Morgan fingerprint density at radius 3 is 2.62 bits per heavy atom. The zero-order chi connectivity index (χ0) is 15.2. The summed E-state index contributed by atoms with van der Waals surface area (Å²) in [5.41, 5.74) is 2.64. The topological polar surface area (TPSA) is 45.2 Å². The number of aryl methyl sites for hydroxylation is 1. The second-order valence-corrected chi connectivity index (χ2v) is 5.03. The van der Waals surface area contributed by atoms with Crippen LogP contribution in [0.1, 0.15) is 29.3 Å². The standard InChI is InChI=1S/C17H21N3O/c1-4-11-18-16-15(6-5-12-19-16)17(21)20(3)14-9-7-13(2)8-10-14/h5-10,12H,4,11H2,1-3H3,(H,18,19). The normalized spacial score (nSPS) is 10.2. The van der Waals surface area contributed by atoms with Gasteiger partial charge >= 0.3 is 0 Å². The van der Waals surface area contributed by atoms with Gasteiger partial charge in [-0.15, -0.1) is 0 Å². The maximum atomic E-state index is 12.7. The molecular weight excluding hydrogens is 262 g/mol. The second kappa shape index (κ2) is 6.88. The van der Waals surface area contributed by atoms with Crippen LogP contribution in [-0.4, -0.2) is 24.5 Å². The highest BCUT2D eigenvalue weighted by Gasteiger charge is 2.17. The fourth-order valence-electron chi connectivity index (χ4n) is 2.03. The lowest BCUT2D eigenvalue weighted by molar-refractivity contribution is 0.0993. The smallest absolute Gasteiger partial charge is 0.261 e. The highest BCUT2D eigenvalue weighted by atomic mass is 16.2. The van der Waals surface area contributed by atoms with Crippen LogP contribution in [0.5, 0.6) is 0 Å². The summed E-state index contributed by atoms with van der Waals surface area (Å²) in [6.45, 7) is 4.90. The van der Waals surface area contributed by atoms with Crippen LogP contribution in [0.25, 0.3) is 0 Å². The summed E-state index contributed by atoms with van der Waals surface area (Å²) in [5.74, 6) is 0.578. The summed E-state index contributed by atoms with van der Waals surface area (Å²) in [6.07, 6.45) is 2.68. The van der Waals surface area contributed by atoms with Crippen molar-refractivity contribution in [3.63, 3.8) is 0 Å². The van der Waals surface area contributed by atoms with Crippen molar-refractivity contribution < 1.29 is 4.79 Å². The molecule has 4 nitrogen and oxygen atoms in total. The molecule has 0 atom stereocenters. The maximum Gasteiger partial charge on any atom is 0.261 e. The van der Waals surface area contributed by atoms with Crippen molar-refractivity contribution in [2.75, 3.05) is 23.8 Å². The van der Waals surface area contributed by atoms with E-state index in [-0.39, 0.29) is 5.91 Å². The number of anilines is 2. The Kier molecular flexibility index (Phi) is 4.93. The molecule has 0 saturated carbocycles. The minimum absolute atomic E-state index is 0.0643. The van der Waals surface area contributed by atoms with E-state index in [2.05, 4.69) is 17.2 Å². The van der Waals surface area contributed by atoms with Crippen molar-refractivity contribution in [2.45, 2.75) is 20.3 Å². The van der Waals surface area contributed by atoms with Crippen molar-refractivity contribution >= 4 is 17.4 Å². The van der Waals surface area contributed by atoms with Gasteiger partial charge in [0.1, 0.15) is 5.82 Å². The minimum atomic E-state index is -0.0643. The Hall–Kier alpha value is -2.36. The minimum Gasteiger partial charge on any atom is -0.369 e. The number of hydrogen-bond acceptors (Lipinski definition) is 3. The number of rotatable bonds is 5.